The summed E-state index contributed by atoms with van der Waals surface area (Å²) in [7, 11) is 1.53. The number of hydrogen-bond donors (Lipinski definition) is 1. The van der Waals surface area contributed by atoms with Gasteiger partial charge in [0, 0.05) is 36.9 Å². The average Bonchev–Trinajstić information content (AvgIpc) is 3.02. The van der Waals surface area contributed by atoms with Crippen molar-refractivity contribution in [3.8, 4) is 5.75 Å². The Bertz CT molecular complexity index is 782. The minimum atomic E-state index is -0.405. The van der Waals surface area contributed by atoms with Crippen molar-refractivity contribution in [3.63, 3.8) is 0 Å². The number of methoxy groups -OCH3 is 1. The fraction of sp³-hybridized carbons (Fsp3) is 0.278. The Morgan fingerprint density at radius 2 is 2.12 bits per heavy atom. The molecule has 1 N–H and O–H groups in total. The van der Waals surface area contributed by atoms with E-state index in [1.54, 1.807) is 35.5 Å². The van der Waals surface area contributed by atoms with Crippen LogP contribution < -0.4 is 15.0 Å². The van der Waals surface area contributed by atoms with Crippen molar-refractivity contribution in [3.05, 3.63) is 53.3 Å². The Morgan fingerprint density at radius 3 is 2.84 bits per heavy atom. The van der Waals surface area contributed by atoms with E-state index in [2.05, 4.69) is 10.3 Å². The van der Waals surface area contributed by atoms with Gasteiger partial charge in [0.1, 0.15) is 5.75 Å². The van der Waals surface area contributed by atoms with Crippen molar-refractivity contribution in [1.82, 2.24) is 10.3 Å². The van der Waals surface area contributed by atoms with Crippen LogP contribution in [0.4, 0.5) is 5.69 Å². The molecular formula is C18H18ClN3O3. The number of rotatable bonds is 5. The van der Waals surface area contributed by atoms with Crippen molar-refractivity contribution in [1.29, 1.82) is 0 Å². The molecule has 2 aromatic rings. The number of halogens is 1. The van der Waals surface area contributed by atoms with E-state index in [-0.39, 0.29) is 18.2 Å². The van der Waals surface area contributed by atoms with Crippen LogP contribution in [0.3, 0.4) is 0 Å². The Hall–Kier alpha value is -2.60. The highest BCUT2D eigenvalue weighted by Crippen LogP contribution is 2.35. The predicted molar refractivity (Wildman–Crippen MR) is 94.5 cm³/mol. The molecule has 0 aliphatic carbocycles. The van der Waals surface area contributed by atoms with Crippen LogP contribution in [0.15, 0.2) is 42.7 Å². The molecule has 1 saturated heterocycles. The van der Waals surface area contributed by atoms with Crippen molar-refractivity contribution in [2.45, 2.75) is 13.0 Å². The Balaban J connectivity index is 1.68. The van der Waals surface area contributed by atoms with Crippen LogP contribution >= 0.6 is 11.6 Å². The lowest BCUT2D eigenvalue weighted by atomic mass is 10.1. The Labute approximate surface area is 150 Å². The molecule has 1 aliphatic rings. The molecule has 1 aromatic carbocycles. The van der Waals surface area contributed by atoms with Gasteiger partial charge in [-0.15, -0.1) is 0 Å². The fourth-order valence-electron chi connectivity index (χ4n) is 2.82. The minimum Gasteiger partial charge on any atom is -0.495 e. The van der Waals surface area contributed by atoms with E-state index in [4.69, 9.17) is 16.3 Å². The number of benzene rings is 1. The van der Waals surface area contributed by atoms with Crippen molar-refractivity contribution < 1.29 is 14.3 Å². The van der Waals surface area contributed by atoms with Crippen LogP contribution in [0.5, 0.6) is 5.75 Å². The van der Waals surface area contributed by atoms with Crippen molar-refractivity contribution in [2.75, 3.05) is 18.6 Å². The second-order valence-corrected chi connectivity index (χ2v) is 6.23. The van der Waals surface area contributed by atoms with Crippen LogP contribution in [-0.2, 0) is 16.1 Å². The first-order valence-electron chi connectivity index (χ1n) is 7.89. The lowest BCUT2D eigenvalue weighted by Crippen LogP contribution is -2.32. The molecule has 0 radical (unpaired) electrons. The van der Waals surface area contributed by atoms with Gasteiger partial charge in [0.15, 0.2) is 0 Å². The topological polar surface area (TPSA) is 71.5 Å². The molecule has 0 saturated carbocycles. The normalized spacial score (nSPS) is 16.8. The fourth-order valence-corrected chi connectivity index (χ4v) is 2.99. The summed E-state index contributed by atoms with van der Waals surface area (Å²) in [4.78, 5) is 30.3. The highest BCUT2D eigenvalue weighted by Gasteiger charge is 2.36. The monoisotopic (exact) mass is 359 g/mol. The molecule has 1 aliphatic heterocycles. The number of hydrogen-bond acceptors (Lipinski definition) is 4. The minimum absolute atomic E-state index is 0.121. The van der Waals surface area contributed by atoms with Gasteiger partial charge in [-0.2, -0.15) is 0 Å². The molecule has 1 atom stereocenters. The van der Waals surface area contributed by atoms with Gasteiger partial charge >= 0.3 is 0 Å². The third kappa shape index (κ3) is 3.91. The zero-order valence-corrected chi connectivity index (χ0v) is 14.5. The van der Waals surface area contributed by atoms with Crippen LogP contribution in [-0.4, -0.2) is 30.5 Å². The largest absolute Gasteiger partial charge is 0.495 e. The molecule has 0 bridgehead atoms. The SMILES string of the molecule is COc1ccc(Cl)cc1N1C[C@H](C(=O)NCc2ccncc2)CC1=O. The second-order valence-electron chi connectivity index (χ2n) is 5.79. The lowest BCUT2D eigenvalue weighted by Gasteiger charge is -2.19. The molecular weight excluding hydrogens is 342 g/mol. The molecule has 7 heteroatoms. The summed E-state index contributed by atoms with van der Waals surface area (Å²) >= 11 is 6.04. The van der Waals surface area contributed by atoms with E-state index in [9.17, 15) is 9.59 Å². The molecule has 0 unspecified atom stereocenters. The zero-order valence-electron chi connectivity index (χ0n) is 13.7. The molecule has 2 amide bonds. The number of nitrogens with zero attached hydrogens (tertiary/aromatic N) is 2. The van der Waals surface area contributed by atoms with Gasteiger partial charge in [0.2, 0.25) is 11.8 Å². The second kappa shape index (κ2) is 7.53. The number of ether oxygens (including phenoxy) is 1. The van der Waals surface area contributed by atoms with Gasteiger partial charge in [0.25, 0.3) is 0 Å². The van der Waals surface area contributed by atoms with Gasteiger partial charge in [-0.3, -0.25) is 14.6 Å². The number of carbonyl (C=O) groups excluding carboxylic acids is 2. The third-order valence-electron chi connectivity index (χ3n) is 4.14. The van der Waals surface area contributed by atoms with Gasteiger partial charge in [-0.1, -0.05) is 11.6 Å². The number of anilines is 1. The number of pyridine rings is 1. The maximum atomic E-state index is 12.4. The number of nitrogens with one attached hydrogen (secondary N) is 1. The van der Waals surface area contributed by atoms with Gasteiger partial charge < -0.3 is 15.0 Å². The van der Waals surface area contributed by atoms with Crippen LogP contribution in [0.25, 0.3) is 0 Å². The molecule has 0 spiro atoms. The highest BCUT2D eigenvalue weighted by molar-refractivity contribution is 6.31. The van der Waals surface area contributed by atoms with Gasteiger partial charge in [0.05, 0.1) is 18.7 Å². The van der Waals surface area contributed by atoms with E-state index in [1.807, 2.05) is 12.1 Å². The first kappa shape index (κ1) is 17.2. The van der Waals surface area contributed by atoms with E-state index in [1.165, 1.54) is 7.11 Å². The quantitative estimate of drug-likeness (QED) is 0.889. The summed E-state index contributed by atoms with van der Waals surface area (Å²) < 4.78 is 5.30. The summed E-state index contributed by atoms with van der Waals surface area (Å²) in [6, 6.07) is 8.76. The summed E-state index contributed by atoms with van der Waals surface area (Å²) in [5.41, 5.74) is 1.55. The summed E-state index contributed by atoms with van der Waals surface area (Å²) in [5, 5.41) is 3.38. The molecule has 6 nitrogen and oxygen atoms in total. The van der Waals surface area contributed by atoms with Crippen molar-refractivity contribution >= 4 is 29.1 Å². The van der Waals surface area contributed by atoms with E-state index >= 15 is 0 Å². The molecule has 25 heavy (non-hydrogen) atoms. The number of aromatic nitrogens is 1. The molecule has 1 fully saturated rings. The maximum absolute atomic E-state index is 12.4. The van der Waals surface area contributed by atoms with Crippen LogP contribution in [0.1, 0.15) is 12.0 Å². The van der Waals surface area contributed by atoms with Crippen LogP contribution in [0.2, 0.25) is 5.02 Å². The standard InChI is InChI=1S/C18H18ClN3O3/c1-25-16-3-2-14(19)9-15(16)22-11-13(8-17(22)23)18(24)21-10-12-4-6-20-7-5-12/h2-7,9,13H,8,10-11H2,1H3,(H,21,24)/t13-/m1/s1. The molecule has 2 heterocycles. The van der Waals surface area contributed by atoms with Crippen LogP contribution in [0, 0.1) is 5.92 Å². The maximum Gasteiger partial charge on any atom is 0.227 e. The highest BCUT2D eigenvalue weighted by atomic mass is 35.5. The Morgan fingerprint density at radius 1 is 1.36 bits per heavy atom. The van der Waals surface area contributed by atoms with Gasteiger partial charge in [-0.05, 0) is 35.9 Å². The van der Waals surface area contributed by atoms with E-state index in [0.29, 0.717) is 29.5 Å². The smallest absolute Gasteiger partial charge is 0.227 e. The average molecular weight is 360 g/mol. The lowest BCUT2D eigenvalue weighted by molar-refractivity contribution is -0.126. The molecule has 130 valence electrons. The van der Waals surface area contributed by atoms with E-state index in [0.717, 1.165) is 5.56 Å². The molecule has 3 rings (SSSR count). The summed E-state index contributed by atoms with van der Waals surface area (Å²) in [5.74, 6) is -0.119. The third-order valence-corrected chi connectivity index (χ3v) is 4.38. The summed E-state index contributed by atoms with van der Waals surface area (Å²) in [6.45, 7) is 0.713. The molecule has 1 aromatic heterocycles. The first-order valence-corrected chi connectivity index (χ1v) is 8.27. The number of carbonyl (C=O) groups is 2. The van der Waals surface area contributed by atoms with Crippen molar-refractivity contribution in [2.24, 2.45) is 5.92 Å². The zero-order chi connectivity index (χ0) is 17.8. The summed E-state index contributed by atoms with van der Waals surface area (Å²) in [6.07, 6.45) is 3.51. The predicted octanol–water partition coefficient (Wildman–Crippen LogP) is 2.41. The number of amides is 2. The van der Waals surface area contributed by atoms with E-state index < -0.39 is 5.92 Å². The first-order chi connectivity index (χ1) is 12.1. The Kier molecular flexibility index (Phi) is 5.19. The van der Waals surface area contributed by atoms with Gasteiger partial charge in [-0.25, -0.2) is 0 Å².